The van der Waals surface area contributed by atoms with Crippen molar-refractivity contribution in [3.05, 3.63) is 30.3 Å². The third-order valence-corrected chi connectivity index (χ3v) is 4.14. The minimum atomic E-state index is 0. The highest BCUT2D eigenvalue weighted by molar-refractivity contribution is 14.0. The average molecular weight is 476 g/mol. The van der Waals surface area contributed by atoms with Crippen molar-refractivity contribution in [2.75, 3.05) is 59.6 Å². The van der Waals surface area contributed by atoms with Crippen LogP contribution in [0.1, 0.15) is 13.3 Å². The number of para-hydroxylation sites is 1. The summed E-state index contributed by atoms with van der Waals surface area (Å²) in [4.78, 5) is 6.75. The summed E-state index contributed by atoms with van der Waals surface area (Å²) in [6.07, 6.45) is 0.929. The SMILES string of the molecule is CN=C(NCCCOc1ccccc1)NCC(C)CN1CCOCC1.I. The van der Waals surface area contributed by atoms with E-state index in [4.69, 9.17) is 9.47 Å². The van der Waals surface area contributed by atoms with Crippen LogP contribution in [-0.2, 0) is 4.74 Å². The lowest BCUT2D eigenvalue weighted by atomic mass is 10.1. The normalized spacial score (nSPS) is 16.5. The molecule has 0 spiro atoms. The second kappa shape index (κ2) is 14.1. The Morgan fingerprint density at radius 1 is 1.23 bits per heavy atom. The van der Waals surface area contributed by atoms with Gasteiger partial charge >= 0.3 is 0 Å². The van der Waals surface area contributed by atoms with Crippen molar-refractivity contribution < 1.29 is 9.47 Å². The van der Waals surface area contributed by atoms with Gasteiger partial charge in [-0.25, -0.2) is 0 Å². The van der Waals surface area contributed by atoms with E-state index < -0.39 is 0 Å². The van der Waals surface area contributed by atoms with E-state index >= 15 is 0 Å². The minimum Gasteiger partial charge on any atom is -0.494 e. The highest BCUT2D eigenvalue weighted by Gasteiger charge is 2.13. The van der Waals surface area contributed by atoms with E-state index in [0.717, 1.165) is 64.1 Å². The summed E-state index contributed by atoms with van der Waals surface area (Å²) in [7, 11) is 1.81. The molecule has 0 saturated carbocycles. The molecule has 148 valence electrons. The van der Waals surface area contributed by atoms with Gasteiger partial charge in [-0.1, -0.05) is 25.1 Å². The van der Waals surface area contributed by atoms with Gasteiger partial charge < -0.3 is 20.1 Å². The van der Waals surface area contributed by atoms with E-state index in [1.165, 1.54) is 0 Å². The fraction of sp³-hybridized carbons (Fsp3) is 0.632. The smallest absolute Gasteiger partial charge is 0.190 e. The van der Waals surface area contributed by atoms with Gasteiger partial charge in [-0.05, 0) is 24.5 Å². The Bertz CT molecular complexity index is 496. The van der Waals surface area contributed by atoms with Crippen molar-refractivity contribution in [2.24, 2.45) is 10.9 Å². The number of morpholine rings is 1. The molecule has 0 bridgehead atoms. The molecule has 1 fully saturated rings. The van der Waals surface area contributed by atoms with Crippen molar-refractivity contribution >= 4 is 29.9 Å². The molecule has 1 aliphatic rings. The topological polar surface area (TPSA) is 58.1 Å². The van der Waals surface area contributed by atoms with Crippen LogP contribution in [-0.4, -0.2) is 70.5 Å². The molecule has 2 rings (SSSR count). The quantitative estimate of drug-likeness (QED) is 0.248. The van der Waals surface area contributed by atoms with Gasteiger partial charge in [-0.15, -0.1) is 24.0 Å². The second-order valence-electron chi connectivity index (χ2n) is 6.41. The lowest BCUT2D eigenvalue weighted by Gasteiger charge is -2.29. The zero-order valence-corrected chi connectivity index (χ0v) is 18.3. The molecule has 0 radical (unpaired) electrons. The molecule has 1 unspecified atom stereocenters. The van der Waals surface area contributed by atoms with E-state index in [1.807, 2.05) is 37.4 Å². The van der Waals surface area contributed by atoms with Crippen LogP contribution in [0.15, 0.2) is 35.3 Å². The van der Waals surface area contributed by atoms with E-state index in [2.05, 4.69) is 27.4 Å². The van der Waals surface area contributed by atoms with Crippen LogP contribution in [0.2, 0.25) is 0 Å². The summed E-state index contributed by atoms with van der Waals surface area (Å²) in [6, 6.07) is 9.91. The third-order valence-electron chi connectivity index (χ3n) is 4.14. The predicted octanol–water partition coefficient (Wildman–Crippen LogP) is 2.21. The van der Waals surface area contributed by atoms with Crippen molar-refractivity contribution in [1.29, 1.82) is 0 Å². The molecule has 7 heteroatoms. The lowest BCUT2D eigenvalue weighted by Crippen LogP contribution is -2.44. The maximum atomic E-state index is 5.69. The van der Waals surface area contributed by atoms with Gasteiger partial charge in [0.05, 0.1) is 19.8 Å². The summed E-state index contributed by atoms with van der Waals surface area (Å²) < 4.78 is 11.1. The molecule has 1 aromatic rings. The predicted molar refractivity (Wildman–Crippen MR) is 118 cm³/mol. The first-order valence-corrected chi connectivity index (χ1v) is 9.20. The molecule has 1 aliphatic heterocycles. The number of guanidine groups is 1. The Morgan fingerprint density at radius 3 is 2.65 bits per heavy atom. The van der Waals surface area contributed by atoms with E-state index in [9.17, 15) is 0 Å². The second-order valence-corrected chi connectivity index (χ2v) is 6.41. The molecule has 1 aromatic carbocycles. The summed E-state index contributed by atoms with van der Waals surface area (Å²) in [6.45, 7) is 9.60. The molecule has 2 N–H and O–H groups in total. The summed E-state index contributed by atoms with van der Waals surface area (Å²) in [5.74, 6) is 2.34. The molecule has 1 heterocycles. The maximum Gasteiger partial charge on any atom is 0.190 e. The first-order chi connectivity index (χ1) is 12.3. The number of hydrogen-bond donors (Lipinski definition) is 2. The highest BCUT2D eigenvalue weighted by atomic mass is 127. The molecule has 26 heavy (non-hydrogen) atoms. The summed E-state index contributed by atoms with van der Waals surface area (Å²) in [5.41, 5.74) is 0. The third kappa shape index (κ3) is 9.59. The van der Waals surface area contributed by atoms with Crippen LogP contribution >= 0.6 is 24.0 Å². The Morgan fingerprint density at radius 2 is 1.96 bits per heavy atom. The Labute approximate surface area is 174 Å². The van der Waals surface area contributed by atoms with Gasteiger partial charge in [0.1, 0.15) is 5.75 Å². The Hall–Kier alpha value is -1.06. The van der Waals surface area contributed by atoms with E-state index in [0.29, 0.717) is 12.5 Å². The van der Waals surface area contributed by atoms with Gasteiger partial charge in [0.25, 0.3) is 0 Å². The van der Waals surface area contributed by atoms with Crippen LogP contribution in [0.25, 0.3) is 0 Å². The molecule has 1 atom stereocenters. The van der Waals surface area contributed by atoms with Gasteiger partial charge in [-0.3, -0.25) is 9.89 Å². The maximum absolute atomic E-state index is 5.69. The van der Waals surface area contributed by atoms with Gasteiger partial charge in [0.2, 0.25) is 0 Å². The van der Waals surface area contributed by atoms with Crippen molar-refractivity contribution in [3.63, 3.8) is 0 Å². The van der Waals surface area contributed by atoms with Crippen LogP contribution in [0.3, 0.4) is 0 Å². The highest BCUT2D eigenvalue weighted by Crippen LogP contribution is 2.08. The van der Waals surface area contributed by atoms with E-state index in [-0.39, 0.29) is 24.0 Å². The lowest BCUT2D eigenvalue weighted by molar-refractivity contribution is 0.0320. The fourth-order valence-electron chi connectivity index (χ4n) is 2.77. The Balaban J connectivity index is 0.00000338. The molecule has 0 aliphatic carbocycles. The van der Waals surface area contributed by atoms with Gasteiger partial charge in [0.15, 0.2) is 5.96 Å². The molecular weight excluding hydrogens is 443 g/mol. The molecule has 0 aromatic heterocycles. The van der Waals surface area contributed by atoms with Gasteiger partial charge in [-0.2, -0.15) is 0 Å². The molecule has 6 nitrogen and oxygen atoms in total. The number of nitrogens with one attached hydrogen (secondary N) is 2. The van der Waals surface area contributed by atoms with Crippen LogP contribution in [0.4, 0.5) is 0 Å². The van der Waals surface area contributed by atoms with Crippen molar-refractivity contribution in [2.45, 2.75) is 13.3 Å². The Kier molecular flexibility index (Phi) is 12.4. The standard InChI is InChI=1S/C19H32N4O2.HI/c1-17(16-23-10-13-24-14-11-23)15-22-19(20-2)21-9-6-12-25-18-7-4-3-5-8-18;/h3-5,7-8,17H,6,9-16H2,1-2H3,(H2,20,21,22);1H. The number of ether oxygens (including phenoxy) is 2. The van der Waals surface area contributed by atoms with Crippen LogP contribution in [0.5, 0.6) is 5.75 Å². The first-order valence-electron chi connectivity index (χ1n) is 9.20. The first kappa shape index (κ1) is 23.0. The molecule has 1 saturated heterocycles. The number of nitrogens with zero attached hydrogens (tertiary/aromatic N) is 2. The summed E-state index contributed by atoms with van der Waals surface area (Å²) >= 11 is 0. The van der Waals surface area contributed by atoms with E-state index in [1.54, 1.807) is 0 Å². The molecular formula is C19H33IN4O2. The number of rotatable bonds is 9. The van der Waals surface area contributed by atoms with Crippen LogP contribution < -0.4 is 15.4 Å². The number of aliphatic imine (C=N–C) groups is 1. The number of benzene rings is 1. The monoisotopic (exact) mass is 476 g/mol. The van der Waals surface area contributed by atoms with Crippen LogP contribution in [0, 0.1) is 5.92 Å². The fourth-order valence-corrected chi connectivity index (χ4v) is 2.77. The number of halogens is 1. The number of hydrogen-bond acceptors (Lipinski definition) is 4. The van der Waals surface area contributed by atoms with Gasteiger partial charge in [0, 0.05) is 39.8 Å². The van der Waals surface area contributed by atoms with Crippen molar-refractivity contribution in [1.82, 2.24) is 15.5 Å². The largest absolute Gasteiger partial charge is 0.494 e. The minimum absolute atomic E-state index is 0. The average Bonchev–Trinajstić information content (AvgIpc) is 2.65. The molecule has 0 amide bonds. The summed E-state index contributed by atoms with van der Waals surface area (Å²) in [5, 5.41) is 6.75. The van der Waals surface area contributed by atoms with Crippen molar-refractivity contribution in [3.8, 4) is 5.75 Å². The zero-order valence-electron chi connectivity index (χ0n) is 15.9. The zero-order chi connectivity index (χ0) is 17.7.